The maximum absolute atomic E-state index is 10.6. The van der Waals surface area contributed by atoms with E-state index in [4.69, 9.17) is 29.1 Å². The monoisotopic (exact) mass is 401 g/mol. The summed E-state index contributed by atoms with van der Waals surface area (Å²) in [7, 11) is 0. The number of nitrogens with zero attached hydrogens (tertiary/aromatic N) is 1. The molecule has 1 atom stereocenters. The van der Waals surface area contributed by atoms with Gasteiger partial charge in [0.15, 0.2) is 0 Å². The Balaban J connectivity index is 0.00000281. The summed E-state index contributed by atoms with van der Waals surface area (Å²) in [6.07, 6.45) is -0.397. The fraction of sp³-hybridized carbons (Fsp3) is 0.435. The van der Waals surface area contributed by atoms with Crippen LogP contribution in [0, 0.1) is 0 Å². The molecule has 0 spiro atoms. The third kappa shape index (κ3) is 6.98. The summed E-state index contributed by atoms with van der Waals surface area (Å²) in [4.78, 5) is 8.29. The van der Waals surface area contributed by atoms with Crippen molar-refractivity contribution in [1.82, 2.24) is 4.90 Å². The molecule has 2 aromatic carbocycles. The smallest absolute Gasteiger partial charge is 0.290 e. The highest BCUT2D eigenvalue weighted by Crippen LogP contribution is 2.35. The van der Waals surface area contributed by atoms with Gasteiger partial charge in [-0.1, -0.05) is 36.4 Å². The lowest BCUT2D eigenvalue weighted by Crippen LogP contribution is -2.38. The maximum Gasteiger partial charge on any atom is 0.290 e. The number of hydrogen-bond acceptors (Lipinski definition) is 4. The predicted octanol–water partition coefficient (Wildman–Crippen LogP) is 4.23. The molecule has 5 nitrogen and oxygen atoms in total. The Morgan fingerprint density at radius 2 is 1.71 bits per heavy atom. The third-order valence-electron chi connectivity index (χ3n) is 4.03. The number of phenolic OH excluding ortho intramolecular Hbond substituents is 1. The first-order valence-electron chi connectivity index (χ1n) is 15.3. The lowest BCUT2D eigenvalue weighted by molar-refractivity contribution is -0.122. The molecule has 154 valence electrons. The van der Waals surface area contributed by atoms with Crippen LogP contribution in [0.1, 0.15) is 75.6 Å². The molecule has 0 saturated carbocycles. The Bertz CT molecular complexity index is 1100. The van der Waals surface area contributed by atoms with E-state index in [9.17, 15) is 10.2 Å². The van der Waals surface area contributed by atoms with Crippen molar-refractivity contribution < 1.29 is 39.3 Å². The van der Waals surface area contributed by atoms with E-state index in [1.165, 1.54) is 18.2 Å². The lowest BCUT2D eigenvalue weighted by Gasteiger charge is -2.32. The van der Waals surface area contributed by atoms with Crippen LogP contribution in [0.3, 0.4) is 0 Å². The van der Waals surface area contributed by atoms with E-state index in [0.29, 0.717) is 11.1 Å². The van der Waals surface area contributed by atoms with E-state index >= 15 is 0 Å². The standard InChI is InChI=1S/C22H31NO2.CH2O2/c1-16(2)23(17(3)4)13-12-20(19-8-6-5-7-9-19)21-14-18(15-24)10-11-22(21)25;2-1-3/h5-11,14,16-17,20,24-25H,12-13,15H2,1-4H3;1H,(H,2,3)/t20-;/m0./s1/i1D3,2D3,3D3,4D3,16D,17D;. The van der Waals surface area contributed by atoms with Crippen LogP contribution in [0.2, 0.25) is 0 Å². The van der Waals surface area contributed by atoms with Crippen molar-refractivity contribution in [2.75, 3.05) is 6.54 Å². The summed E-state index contributed by atoms with van der Waals surface area (Å²) in [5, 5.41) is 27.1. The van der Waals surface area contributed by atoms with Crippen LogP contribution in [0.4, 0.5) is 0 Å². The number of phenols is 1. The summed E-state index contributed by atoms with van der Waals surface area (Å²) in [6, 6.07) is 4.79. The van der Waals surface area contributed by atoms with Crippen LogP contribution in [0.15, 0.2) is 48.5 Å². The van der Waals surface area contributed by atoms with Crippen LogP contribution in [-0.2, 0) is 11.4 Å². The molecule has 0 saturated heterocycles. The SMILES string of the molecule is O=CO.[2H]C([2H])([2H])C([2H])(N(CC[C@@H](c1ccccc1)c1cc(CO)ccc1O)C([2H])(C([2H])([2H])[2H])C([2H])([2H])[2H])C([2H])([2H])[2H]. The highest BCUT2D eigenvalue weighted by Gasteiger charge is 2.21. The molecular formula is C23H33NO4. The summed E-state index contributed by atoms with van der Waals surface area (Å²) in [5.41, 5.74) is 1.09. The van der Waals surface area contributed by atoms with Crippen molar-refractivity contribution in [2.45, 2.75) is 58.4 Å². The molecule has 2 rings (SSSR count). The molecule has 0 heterocycles. The second-order valence-corrected chi connectivity index (χ2v) is 5.76. The van der Waals surface area contributed by atoms with E-state index in [1.807, 2.05) is 0 Å². The van der Waals surface area contributed by atoms with E-state index in [2.05, 4.69) is 0 Å². The fourth-order valence-electron chi connectivity index (χ4n) is 2.76. The molecule has 0 amide bonds. The minimum absolute atomic E-state index is 0.0666. The van der Waals surface area contributed by atoms with Crippen molar-refractivity contribution in [3.05, 3.63) is 65.2 Å². The third-order valence-corrected chi connectivity index (χ3v) is 4.03. The molecule has 0 aliphatic carbocycles. The first-order chi connectivity index (χ1) is 19.0. The van der Waals surface area contributed by atoms with Gasteiger partial charge in [0, 0.05) is 42.7 Å². The van der Waals surface area contributed by atoms with Crippen LogP contribution in [-0.4, -0.2) is 45.3 Å². The van der Waals surface area contributed by atoms with Gasteiger partial charge in [-0.2, -0.15) is 0 Å². The zero-order chi connectivity index (χ0) is 32.9. The Morgan fingerprint density at radius 1 is 1.11 bits per heavy atom. The Morgan fingerprint density at radius 3 is 2.25 bits per heavy atom. The second-order valence-electron chi connectivity index (χ2n) is 5.76. The molecule has 0 bridgehead atoms. The van der Waals surface area contributed by atoms with Crippen molar-refractivity contribution in [3.8, 4) is 5.75 Å². The second kappa shape index (κ2) is 12.2. The zero-order valence-electron chi connectivity index (χ0n) is 29.1. The number of carbonyl (C=O) groups is 1. The quantitative estimate of drug-likeness (QED) is 0.577. The number of hydrogen-bond donors (Lipinski definition) is 3. The number of aliphatic hydroxyl groups is 1. The van der Waals surface area contributed by atoms with Crippen LogP contribution in [0.5, 0.6) is 5.75 Å². The maximum atomic E-state index is 10.6. The van der Waals surface area contributed by atoms with Gasteiger partial charge in [0.25, 0.3) is 6.47 Å². The van der Waals surface area contributed by atoms with Gasteiger partial charge in [-0.05, 0) is 63.6 Å². The Kier molecular flexibility index (Phi) is 4.30. The lowest BCUT2D eigenvalue weighted by atomic mass is 9.86. The average molecular weight is 402 g/mol. The summed E-state index contributed by atoms with van der Waals surface area (Å²) >= 11 is 0. The summed E-state index contributed by atoms with van der Waals surface area (Å²) in [5.74, 6) is -1.16. The van der Waals surface area contributed by atoms with E-state index in [1.54, 1.807) is 30.3 Å². The fourth-order valence-corrected chi connectivity index (χ4v) is 2.76. The van der Waals surface area contributed by atoms with Gasteiger partial charge in [0.05, 0.1) is 6.61 Å². The molecule has 0 aliphatic rings. The van der Waals surface area contributed by atoms with E-state index in [-0.39, 0.29) is 22.7 Å². The Hall–Kier alpha value is -2.37. The van der Waals surface area contributed by atoms with Crippen LogP contribution >= 0.6 is 0 Å². The largest absolute Gasteiger partial charge is 0.508 e. The molecule has 2 aromatic rings. The van der Waals surface area contributed by atoms with Crippen molar-refractivity contribution in [1.29, 1.82) is 0 Å². The number of carboxylic acid groups (broad SMARTS) is 1. The van der Waals surface area contributed by atoms with Crippen molar-refractivity contribution in [3.63, 3.8) is 0 Å². The first-order valence-corrected chi connectivity index (χ1v) is 8.29. The van der Waals surface area contributed by atoms with Gasteiger partial charge in [-0.15, -0.1) is 0 Å². The predicted molar refractivity (Wildman–Crippen MR) is 113 cm³/mol. The minimum Gasteiger partial charge on any atom is -0.508 e. The van der Waals surface area contributed by atoms with Crippen molar-refractivity contribution >= 4 is 6.47 Å². The molecule has 5 heteroatoms. The van der Waals surface area contributed by atoms with Crippen LogP contribution in [0.25, 0.3) is 0 Å². The molecule has 0 unspecified atom stereocenters. The Labute approximate surface area is 187 Å². The van der Waals surface area contributed by atoms with Gasteiger partial charge in [0.2, 0.25) is 0 Å². The number of rotatable bonds is 8. The molecule has 0 aliphatic heterocycles. The number of benzene rings is 2. The van der Waals surface area contributed by atoms with Gasteiger partial charge < -0.3 is 15.3 Å². The van der Waals surface area contributed by atoms with Gasteiger partial charge in [-0.3, -0.25) is 9.69 Å². The summed E-state index contributed by atoms with van der Waals surface area (Å²) in [6.45, 7) is -16.7. The normalized spacial score (nSPS) is 21.9. The highest BCUT2D eigenvalue weighted by molar-refractivity contribution is 5.43. The number of aliphatic hydroxyl groups excluding tert-OH is 1. The zero-order valence-corrected chi connectivity index (χ0v) is 15.1. The van der Waals surface area contributed by atoms with Crippen molar-refractivity contribution in [2.24, 2.45) is 0 Å². The molecule has 0 aromatic heterocycles. The van der Waals surface area contributed by atoms with Crippen LogP contribution < -0.4 is 0 Å². The minimum atomic E-state index is -3.82. The van der Waals surface area contributed by atoms with E-state index < -0.39 is 64.9 Å². The molecule has 0 radical (unpaired) electrons. The topological polar surface area (TPSA) is 81.0 Å². The van der Waals surface area contributed by atoms with Gasteiger partial charge >= 0.3 is 0 Å². The average Bonchev–Trinajstić information content (AvgIpc) is 2.85. The van der Waals surface area contributed by atoms with E-state index in [0.717, 1.165) is 0 Å². The molecular weight excluding hydrogens is 354 g/mol. The van der Waals surface area contributed by atoms with Gasteiger partial charge in [0.1, 0.15) is 5.75 Å². The number of aromatic hydroxyl groups is 1. The highest BCUT2D eigenvalue weighted by atomic mass is 16.3. The summed E-state index contributed by atoms with van der Waals surface area (Å²) < 4.78 is 112. The molecule has 28 heavy (non-hydrogen) atoms. The first kappa shape index (κ1) is 9.90. The molecule has 0 fully saturated rings. The molecule has 3 N–H and O–H groups in total. The van der Waals surface area contributed by atoms with Gasteiger partial charge in [-0.25, -0.2) is 0 Å².